The normalized spacial score (nSPS) is 56.0. The predicted molar refractivity (Wildman–Crippen MR) is 23.2 cm³/mol. The smallest absolute Gasteiger partial charge is 0.00255 e. The van der Waals surface area contributed by atoms with Gasteiger partial charge in [-0.1, -0.05) is 11.1 Å². The molecule has 0 heteroatoms. The Labute approximate surface area is 36.9 Å². The summed E-state index contributed by atoms with van der Waals surface area (Å²) in [4.78, 5) is 0. The van der Waals surface area contributed by atoms with E-state index in [4.69, 9.17) is 0 Å². The third kappa shape index (κ3) is 0.0653. The fourth-order valence-corrected chi connectivity index (χ4v) is 1.96. The highest BCUT2D eigenvalue weighted by Gasteiger charge is 2.63. The van der Waals surface area contributed by atoms with Crippen molar-refractivity contribution in [3.8, 4) is 0 Å². The quantitative estimate of drug-likeness (QED) is 0.383. The number of hydrogen-bond acceptors (Lipinski definition) is 0. The second-order valence-corrected chi connectivity index (χ2v) is 2.59. The third-order valence-corrected chi connectivity index (χ3v) is 2.41. The topological polar surface area (TPSA) is 0 Å². The van der Waals surface area contributed by atoms with Gasteiger partial charge in [0.05, 0.1) is 0 Å². The largest absolute Gasteiger partial charge is 0.0554 e. The molecule has 2 saturated carbocycles. The minimum absolute atomic E-state index is 1.11. The van der Waals surface area contributed by atoms with E-state index in [9.17, 15) is 0 Å². The molecule has 4 aliphatic carbocycles. The highest BCUT2D eigenvalue weighted by Crippen LogP contribution is 2.75. The van der Waals surface area contributed by atoms with E-state index in [1.807, 2.05) is 11.1 Å². The van der Waals surface area contributed by atoms with E-state index < -0.39 is 0 Å². The van der Waals surface area contributed by atoms with Crippen LogP contribution in [-0.2, 0) is 0 Å². The molecule has 0 spiro atoms. The lowest BCUT2D eigenvalue weighted by Crippen LogP contribution is -1.82. The molecule has 6 heavy (non-hydrogen) atoms. The van der Waals surface area contributed by atoms with Crippen LogP contribution in [-0.4, -0.2) is 0 Å². The van der Waals surface area contributed by atoms with Crippen LogP contribution in [0.4, 0.5) is 0 Å². The minimum Gasteiger partial charge on any atom is -0.0554 e. The van der Waals surface area contributed by atoms with Gasteiger partial charge >= 0.3 is 0 Å². The van der Waals surface area contributed by atoms with Crippen molar-refractivity contribution in [3.63, 3.8) is 0 Å². The van der Waals surface area contributed by atoms with Gasteiger partial charge in [-0.2, -0.15) is 0 Å². The van der Waals surface area contributed by atoms with Crippen LogP contribution in [0.15, 0.2) is 11.1 Å². The molecule has 0 heterocycles. The van der Waals surface area contributed by atoms with Crippen molar-refractivity contribution in [2.24, 2.45) is 11.8 Å². The summed E-state index contributed by atoms with van der Waals surface area (Å²) in [7, 11) is 0. The van der Waals surface area contributed by atoms with E-state index in [-0.39, 0.29) is 0 Å². The van der Waals surface area contributed by atoms with Crippen LogP contribution in [0, 0.1) is 11.8 Å². The maximum absolute atomic E-state index is 1.87. The Morgan fingerprint density at radius 3 is 1.67 bits per heavy atom. The second-order valence-electron chi connectivity index (χ2n) is 2.59. The molecule has 0 nitrogen and oxygen atoms in total. The zero-order chi connectivity index (χ0) is 3.72. The number of rotatable bonds is 0. The summed E-state index contributed by atoms with van der Waals surface area (Å²) in [5.41, 5.74) is 3.74. The number of allylic oxidation sites excluding steroid dienone is 2. The number of hydrogen-bond donors (Lipinski definition) is 0. The molecular weight excluding hydrogens is 72.1 g/mol. The van der Waals surface area contributed by atoms with Crippen molar-refractivity contribution in [2.45, 2.75) is 12.8 Å². The Morgan fingerprint density at radius 2 is 1.50 bits per heavy atom. The first-order chi connectivity index (χ1) is 2.98. The molecular formula is C6H6. The molecule has 0 atom stereocenters. The molecule has 4 rings (SSSR count). The average molecular weight is 78.1 g/mol. The maximum atomic E-state index is 1.87. The summed E-state index contributed by atoms with van der Waals surface area (Å²) in [5, 5.41) is 0. The summed E-state index contributed by atoms with van der Waals surface area (Å²) in [6, 6.07) is 0. The van der Waals surface area contributed by atoms with Gasteiger partial charge in [0.25, 0.3) is 0 Å². The van der Waals surface area contributed by atoms with Crippen molar-refractivity contribution in [1.82, 2.24) is 0 Å². The van der Waals surface area contributed by atoms with E-state index in [1.165, 1.54) is 12.8 Å². The van der Waals surface area contributed by atoms with E-state index in [0.717, 1.165) is 11.8 Å². The lowest BCUT2D eigenvalue weighted by atomic mass is 10.1. The molecule has 0 aromatic carbocycles. The van der Waals surface area contributed by atoms with Gasteiger partial charge in [-0.25, -0.2) is 0 Å². The van der Waals surface area contributed by atoms with Crippen molar-refractivity contribution in [1.29, 1.82) is 0 Å². The molecule has 0 aromatic rings. The maximum Gasteiger partial charge on any atom is 0.00255 e. The van der Waals surface area contributed by atoms with Gasteiger partial charge in [-0.15, -0.1) is 0 Å². The summed E-state index contributed by atoms with van der Waals surface area (Å²) >= 11 is 0. The molecule has 0 unspecified atom stereocenters. The van der Waals surface area contributed by atoms with E-state index in [2.05, 4.69) is 0 Å². The molecule has 0 amide bonds. The minimum atomic E-state index is 1.11. The Bertz CT molecular complexity index is 123. The summed E-state index contributed by atoms with van der Waals surface area (Å²) in [6.45, 7) is 0. The third-order valence-electron chi connectivity index (χ3n) is 2.41. The van der Waals surface area contributed by atoms with Crippen LogP contribution in [0.1, 0.15) is 12.8 Å². The van der Waals surface area contributed by atoms with Crippen LogP contribution in [0.25, 0.3) is 0 Å². The molecule has 0 saturated heterocycles. The molecule has 30 valence electrons. The fourth-order valence-electron chi connectivity index (χ4n) is 1.96. The lowest BCUT2D eigenvalue weighted by molar-refractivity contribution is 0.864. The summed E-state index contributed by atoms with van der Waals surface area (Å²) < 4.78 is 0. The van der Waals surface area contributed by atoms with Crippen molar-refractivity contribution >= 4 is 0 Å². The fraction of sp³-hybridized carbons (Fsp3) is 0.667. The van der Waals surface area contributed by atoms with Crippen LogP contribution in [0.2, 0.25) is 0 Å². The zero-order valence-electron chi connectivity index (χ0n) is 3.57. The molecule has 0 aromatic heterocycles. The highest BCUT2D eigenvalue weighted by molar-refractivity contribution is 5.67. The summed E-state index contributed by atoms with van der Waals surface area (Å²) in [5.74, 6) is 2.21. The lowest BCUT2D eigenvalue weighted by Gasteiger charge is -1.91. The first kappa shape index (κ1) is 2.15. The second kappa shape index (κ2) is 0.351. The first-order valence-electron chi connectivity index (χ1n) is 2.72. The highest BCUT2D eigenvalue weighted by atomic mass is 14.7. The van der Waals surface area contributed by atoms with Gasteiger partial charge in [-0.3, -0.25) is 0 Å². The van der Waals surface area contributed by atoms with Crippen molar-refractivity contribution in [3.05, 3.63) is 11.1 Å². The average Bonchev–Trinajstić information content (AvgIpc) is 2.30. The van der Waals surface area contributed by atoms with Gasteiger partial charge in [0.1, 0.15) is 0 Å². The summed E-state index contributed by atoms with van der Waals surface area (Å²) in [6.07, 6.45) is 3.05. The van der Waals surface area contributed by atoms with E-state index >= 15 is 0 Å². The Kier molecular flexibility index (Phi) is 0.126. The molecule has 0 radical (unpaired) electrons. The number of fused-ring (bicyclic) bond motifs is 1. The van der Waals surface area contributed by atoms with Gasteiger partial charge in [0, 0.05) is 11.8 Å². The Hall–Kier alpha value is -0.260. The van der Waals surface area contributed by atoms with Crippen LogP contribution >= 0.6 is 0 Å². The standard InChI is InChI=1S/C6H6/c1-2-4-5-3(1)6(4)5/h3-4H,1-2H2. The van der Waals surface area contributed by atoms with Crippen LogP contribution in [0.3, 0.4) is 0 Å². The van der Waals surface area contributed by atoms with Crippen molar-refractivity contribution in [2.75, 3.05) is 0 Å². The van der Waals surface area contributed by atoms with Gasteiger partial charge in [0.15, 0.2) is 0 Å². The van der Waals surface area contributed by atoms with Crippen LogP contribution in [0.5, 0.6) is 0 Å². The molecule has 0 aliphatic heterocycles. The van der Waals surface area contributed by atoms with E-state index in [1.54, 1.807) is 0 Å². The monoisotopic (exact) mass is 78.0 g/mol. The van der Waals surface area contributed by atoms with Gasteiger partial charge in [0.2, 0.25) is 0 Å². The molecule has 0 N–H and O–H groups in total. The first-order valence-corrected chi connectivity index (χ1v) is 2.72. The Balaban J connectivity index is 2.28. The van der Waals surface area contributed by atoms with Crippen LogP contribution < -0.4 is 0 Å². The Morgan fingerprint density at radius 1 is 1.00 bits per heavy atom. The zero-order valence-corrected chi connectivity index (χ0v) is 3.57. The van der Waals surface area contributed by atoms with E-state index in [0.29, 0.717) is 0 Å². The van der Waals surface area contributed by atoms with Gasteiger partial charge in [-0.05, 0) is 12.8 Å². The predicted octanol–water partition coefficient (Wildman–Crippen LogP) is 1.34. The SMILES string of the molecule is C1CC2C3=C2C13. The molecule has 2 bridgehead atoms. The molecule has 4 aliphatic rings. The van der Waals surface area contributed by atoms with Crippen molar-refractivity contribution < 1.29 is 0 Å². The molecule has 2 fully saturated rings. The van der Waals surface area contributed by atoms with Gasteiger partial charge < -0.3 is 0 Å².